The first-order valence-electron chi connectivity index (χ1n) is 5.94. The van der Waals surface area contributed by atoms with Crippen molar-refractivity contribution in [1.29, 1.82) is 0 Å². The average Bonchev–Trinajstić information content (AvgIpc) is 2.38. The normalized spacial score (nSPS) is 10.8. The molecular formula is C13H18ClN3O3. The van der Waals surface area contributed by atoms with Gasteiger partial charge in [0.15, 0.2) is 0 Å². The van der Waals surface area contributed by atoms with E-state index >= 15 is 0 Å². The van der Waals surface area contributed by atoms with Crippen molar-refractivity contribution in [3.63, 3.8) is 0 Å². The van der Waals surface area contributed by atoms with Gasteiger partial charge in [-0.25, -0.2) is 4.79 Å². The Bertz CT molecular complexity index is 518. The van der Waals surface area contributed by atoms with Gasteiger partial charge in [0.2, 0.25) is 5.91 Å². The Morgan fingerprint density at radius 1 is 1.40 bits per heavy atom. The summed E-state index contributed by atoms with van der Waals surface area (Å²) < 4.78 is 5.01. The van der Waals surface area contributed by atoms with Gasteiger partial charge in [0.1, 0.15) is 5.75 Å². The smallest absolute Gasteiger partial charge is 0.319 e. The highest BCUT2D eigenvalue weighted by atomic mass is 35.5. The van der Waals surface area contributed by atoms with E-state index in [2.05, 4.69) is 10.6 Å². The molecule has 0 saturated heterocycles. The van der Waals surface area contributed by atoms with E-state index in [0.717, 1.165) is 0 Å². The maximum atomic E-state index is 11.7. The summed E-state index contributed by atoms with van der Waals surface area (Å²) in [6.07, 6.45) is 0. The summed E-state index contributed by atoms with van der Waals surface area (Å²) in [7, 11) is 1.53. The van der Waals surface area contributed by atoms with Gasteiger partial charge < -0.3 is 21.1 Å². The van der Waals surface area contributed by atoms with Gasteiger partial charge in [-0.3, -0.25) is 4.79 Å². The van der Waals surface area contributed by atoms with Crippen LogP contribution in [0.5, 0.6) is 5.75 Å². The first kappa shape index (κ1) is 16.1. The zero-order valence-electron chi connectivity index (χ0n) is 11.6. The first-order chi connectivity index (χ1) is 9.26. The molecule has 1 aromatic carbocycles. The van der Waals surface area contributed by atoms with Gasteiger partial charge in [-0.15, -0.1) is 0 Å². The van der Waals surface area contributed by atoms with Gasteiger partial charge in [-0.2, -0.15) is 0 Å². The molecule has 0 bridgehead atoms. The fourth-order valence-electron chi connectivity index (χ4n) is 1.28. The molecule has 7 heteroatoms. The number of primary amides is 1. The molecule has 0 fully saturated rings. The minimum absolute atomic E-state index is 0.127. The lowest BCUT2D eigenvalue weighted by atomic mass is 9.93. The van der Waals surface area contributed by atoms with Crippen molar-refractivity contribution in [2.75, 3.05) is 19.0 Å². The van der Waals surface area contributed by atoms with Crippen molar-refractivity contribution in [3.8, 4) is 5.75 Å². The number of nitrogens with one attached hydrogen (secondary N) is 2. The Hall–Kier alpha value is -1.95. The molecule has 0 atom stereocenters. The molecule has 0 aromatic heterocycles. The number of nitrogens with two attached hydrogens (primary N) is 1. The zero-order chi connectivity index (χ0) is 15.3. The highest BCUT2D eigenvalue weighted by Crippen LogP contribution is 2.26. The SMILES string of the molecule is COc1ccc(NC(=O)NCC(C)(C)C(N)=O)c(Cl)c1. The van der Waals surface area contributed by atoms with Crippen LogP contribution in [0.4, 0.5) is 10.5 Å². The lowest BCUT2D eigenvalue weighted by Gasteiger charge is -2.21. The van der Waals surface area contributed by atoms with Gasteiger partial charge in [0, 0.05) is 12.6 Å². The maximum absolute atomic E-state index is 11.7. The van der Waals surface area contributed by atoms with E-state index in [0.29, 0.717) is 16.5 Å². The van der Waals surface area contributed by atoms with Crippen LogP contribution in [0.3, 0.4) is 0 Å². The topological polar surface area (TPSA) is 93.4 Å². The number of hydrogen-bond acceptors (Lipinski definition) is 3. The van der Waals surface area contributed by atoms with Crippen molar-refractivity contribution in [3.05, 3.63) is 23.2 Å². The minimum Gasteiger partial charge on any atom is -0.497 e. The molecule has 20 heavy (non-hydrogen) atoms. The van der Waals surface area contributed by atoms with E-state index in [1.807, 2.05) is 0 Å². The average molecular weight is 300 g/mol. The molecule has 0 spiro atoms. The quantitative estimate of drug-likeness (QED) is 0.776. The predicted molar refractivity (Wildman–Crippen MR) is 78.0 cm³/mol. The summed E-state index contributed by atoms with van der Waals surface area (Å²) >= 11 is 6.00. The number of ether oxygens (including phenoxy) is 1. The van der Waals surface area contributed by atoms with Gasteiger partial charge >= 0.3 is 6.03 Å². The lowest BCUT2D eigenvalue weighted by Crippen LogP contribution is -2.43. The summed E-state index contributed by atoms with van der Waals surface area (Å²) in [5.41, 5.74) is 4.85. The summed E-state index contributed by atoms with van der Waals surface area (Å²) in [5, 5.41) is 5.51. The van der Waals surface area contributed by atoms with Crippen molar-refractivity contribution in [2.24, 2.45) is 11.1 Å². The molecule has 0 heterocycles. The van der Waals surface area contributed by atoms with Crippen molar-refractivity contribution < 1.29 is 14.3 Å². The van der Waals surface area contributed by atoms with Crippen LogP contribution in [-0.4, -0.2) is 25.6 Å². The fraction of sp³-hybridized carbons (Fsp3) is 0.385. The molecule has 0 saturated carbocycles. The second-order valence-electron chi connectivity index (χ2n) is 4.90. The van der Waals surface area contributed by atoms with Crippen LogP contribution in [0.1, 0.15) is 13.8 Å². The number of carbonyl (C=O) groups is 2. The third-order valence-electron chi connectivity index (χ3n) is 2.78. The molecule has 1 aromatic rings. The summed E-state index contributed by atoms with van der Waals surface area (Å²) in [6, 6.07) is 4.42. The number of amides is 3. The Kier molecular flexibility index (Phi) is 5.21. The molecule has 1 rings (SSSR count). The third-order valence-corrected chi connectivity index (χ3v) is 3.10. The largest absolute Gasteiger partial charge is 0.497 e. The van der Waals surface area contributed by atoms with E-state index in [1.165, 1.54) is 7.11 Å². The standard InChI is InChI=1S/C13H18ClN3O3/c1-13(2,11(15)18)7-16-12(19)17-10-5-4-8(20-3)6-9(10)14/h4-6H,7H2,1-3H3,(H2,15,18)(H2,16,17,19). The summed E-state index contributed by atoms with van der Waals surface area (Å²) in [4.78, 5) is 22.9. The number of hydrogen-bond donors (Lipinski definition) is 3. The van der Waals surface area contributed by atoms with Crippen LogP contribution in [0.15, 0.2) is 18.2 Å². The Morgan fingerprint density at radius 2 is 2.05 bits per heavy atom. The van der Waals surface area contributed by atoms with E-state index in [-0.39, 0.29) is 6.54 Å². The Morgan fingerprint density at radius 3 is 2.55 bits per heavy atom. The second kappa shape index (κ2) is 6.47. The summed E-state index contributed by atoms with van der Waals surface area (Å²) in [5.74, 6) is 0.107. The van der Waals surface area contributed by atoms with E-state index < -0.39 is 17.4 Å². The summed E-state index contributed by atoms with van der Waals surface area (Å²) in [6.45, 7) is 3.42. The van der Waals surface area contributed by atoms with E-state index in [4.69, 9.17) is 22.1 Å². The Balaban J connectivity index is 2.61. The van der Waals surface area contributed by atoms with Gasteiger partial charge in [-0.1, -0.05) is 11.6 Å². The van der Waals surface area contributed by atoms with E-state index in [9.17, 15) is 9.59 Å². The van der Waals surface area contributed by atoms with Crippen molar-refractivity contribution in [2.45, 2.75) is 13.8 Å². The van der Waals surface area contributed by atoms with Crippen LogP contribution in [-0.2, 0) is 4.79 Å². The van der Waals surface area contributed by atoms with Gasteiger partial charge in [-0.05, 0) is 26.0 Å². The van der Waals surface area contributed by atoms with Crippen LogP contribution in [0.25, 0.3) is 0 Å². The molecule has 0 unspecified atom stereocenters. The van der Waals surface area contributed by atoms with Crippen LogP contribution in [0.2, 0.25) is 5.02 Å². The number of methoxy groups -OCH3 is 1. The zero-order valence-corrected chi connectivity index (χ0v) is 12.4. The van der Waals surface area contributed by atoms with Crippen LogP contribution < -0.4 is 21.1 Å². The van der Waals surface area contributed by atoms with Gasteiger partial charge in [0.05, 0.1) is 23.2 Å². The highest BCUT2D eigenvalue weighted by Gasteiger charge is 2.25. The molecule has 3 amide bonds. The predicted octanol–water partition coefficient (Wildman–Crippen LogP) is 1.98. The molecule has 6 nitrogen and oxygen atoms in total. The minimum atomic E-state index is -0.818. The molecule has 0 aliphatic carbocycles. The molecule has 0 radical (unpaired) electrons. The molecule has 0 aliphatic rings. The third kappa shape index (κ3) is 4.31. The lowest BCUT2D eigenvalue weighted by molar-refractivity contribution is -0.125. The molecule has 4 N–H and O–H groups in total. The van der Waals surface area contributed by atoms with Crippen LogP contribution >= 0.6 is 11.6 Å². The van der Waals surface area contributed by atoms with Crippen LogP contribution in [0, 0.1) is 5.41 Å². The number of rotatable bonds is 5. The molecule has 0 aliphatic heterocycles. The maximum Gasteiger partial charge on any atom is 0.319 e. The number of benzene rings is 1. The second-order valence-corrected chi connectivity index (χ2v) is 5.31. The van der Waals surface area contributed by atoms with Crippen molar-refractivity contribution in [1.82, 2.24) is 5.32 Å². The Labute approximate surface area is 122 Å². The number of anilines is 1. The number of carbonyl (C=O) groups excluding carboxylic acids is 2. The first-order valence-corrected chi connectivity index (χ1v) is 6.32. The fourth-order valence-corrected chi connectivity index (χ4v) is 1.50. The van der Waals surface area contributed by atoms with Crippen molar-refractivity contribution >= 4 is 29.2 Å². The van der Waals surface area contributed by atoms with Gasteiger partial charge in [0.25, 0.3) is 0 Å². The van der Waals surface area contributed by atoms with E-state index in [1.54, 1.807) is 32.0 Å². The number of urea groups is 1. The number of halogens is 1. The monoisotopic (exact) mass is 299 g/mol. The molecular weight excluding hydrogens is 282 g/mol. The molecule has 110 valence electrons. The highest BCUT2D eigenvalue weighted by molar-refractivity contribution is 6.33.